The lowest BCUT2D eigenvalue weighted by atomic mass is 9.80. The first-order valence-corrected chi connectivity index (χ1v) is 8.41. The molecule has 2 aliphatic rings. The van der Waals surface area contributed by atoms with Gasteiger partial charge >= 0.3 is 0 Å². The summed E-state index contributed by atoms with van der Waals surface area (Å²) in [5.74, 6) is 1.16. The molecule has 18 heavy (non-hydrogen) atoms. The van der Waals surface area contributed by atoms with Gasteiger partial charge in [0.1, 0.15) is 0 Å². The quantitative estimate of drug-likeness (QED) is 0.791. The molecule has 106 valence electrons. The first-order valence-electron chi connectivity index (χ1n) is 6.97. The van der Waals surface area contributed by atoms with Gasteiger partial charge in [-0.15, -0.1) is 0 Å². The molecule has 1 saturated heterocycles. The van der Waals surface area contributed by atoms with Crippen LogP contribution in [0.3, 0.4) is 0 Å². The highest BCUT2D eigenvalue weighted by molar-refractivity contribution is 7.87. The van der Waals surface area contributed by atoms with E-state index in [0.717, 1.165) is 38.3 Å². The maximum Gasteiger partial charge on any atom is 0.279 e. The third-order valence-electron chi connectivity index (χ3n) is 4.15. The molecule has 0 bridgehead atoms. The van der Waals surface area contributed by atoms with Gasteiger partial charge in [0.25, 0.3) is 10.2 Å². The lowest BCUT2D eigenvalue weighted by Gasteiger charge is -2.35. The average molecular weight is 275 g/mol. The zero-order valence-corrected chi connectivity index (χ0v) is 12.2. The SMILES string of the molecule is CC1CCC(NS(=O)(=O)N2CCNCC2)C(C)C1. The van der Waals surface area contributed by atoms with Crippen molar-refractivity contribution in [1.29, 1.82) is 0 Å². The second-order valence-corrected chi connectivity index (χ2v) is 7.48. The van der Waals surface area contributed by atoms with Gasteiger partial charge in [-0.05, 0) is 31.1 Å². The van der Waals surface area contributed by atoms with Crippen LogP contribution in [0.5, 0.6) is 0 Å². The molecule has 0 aromatic heterocycles. The molecule has 6 heteroatoms. The molecular formula is C12H25N3O2S. The molecule has 3 atom stereocenters. The molecule has 2 N–H and O–H groups in total. The molecule has 1 aliphatic carbocycles. The van der Waals surface area contributed by atoms with Gasteiger partial charge in [-0.1, -0.05) is 13.8 Å². The molecule has 0 radical (unpaired) electrons. The van der Waals surface area contributed by atoms with Crippen molar-refractivity contribution >= 4 is 10.2 Å². The fourth-order valence-electron chi connectivity index (χ4n) is 2.99. The molecule has 0 aromatic carbocycles. The summed E-state index contributed by atoms with van der Waals surface area (Å²) in [7, 11) is -3.29. The van der Waals surface area contributed by atoms with Crippen molar-refractivity contribution in [2.24, 2.45) is 11.8 Å². The highest BCUT2D eigenvalue weighted by Crippen LogP contribution is 2.29. The molecule has 5 nitrogen and oxygen atoms in total. The summed E-state index contributed by atoms with van der Waals surface area (Å²) >= 11 is 0. The fraction of sp³-hybridized carbons (Fsp3) is 1.00. The van der Waals surface area contributed by atoms with Gasteiger partial charge < -0.3 is 5.32 Å². The van der Waals surface area contributed by atoms with E-state index in [0.29, 0.717) is 19.0 Å². The van der Waals surface area contributed by atoms with Crippen LogP contribution in [0.1, 0.15) is 33.1 Å². The number of nitrogens with one attached hydrogen (secondary N) is 2. The minimum atomic E-state index is -3.29. The molecule has 0 aromatic rings. The molecule has 3 unspecified atom stereocenters. The van der Waals surface area contributed by atoms with Crippen molar-refractivity contribution in [3.05, 3.63) is 0 Å². The number of hydrogen-bond donors (Lipinski definition) is 2. The molecule has 1 saturated carbocycles. The Kier molecular flexibility index (Phi) is 4.64. The first kappa shape index (κ1) is 14.2. The van der Waals surface area contributed by atoms with Gasteiger partial charge in [-0.25, -0.2) is 0 Å². The molecule has 2 fully saturated rings. The largest absolute Gasteiger partial charge is 0.314 e. The summed E-state index contributed by atoms with van der Waals surface area (Å²) in [6.45, 7) is 7.05. The van der Waals surface area contributed by atoms with Crippen LogP contribution in [0.4, 0.5) is 0 Å². The zero-order valence-electron chi connectivity index (χ0n) is 11.4. The molecule has 1 aliphatic heterocycles. The predicted molar refractivity (Wildman–Crippen MR) is 72.5 cm³/mol. The average Bonchev–Trinajstić information content (AvgIpc) is 2.34. The molecule has 2 rings (SSSR count). The lowest BCUT2D eigenvalue weighted by molar-refractivity contribution is 0.243. The number of nitrogens with zero attached hydrogens (tertiary/aromatic N) is 1. The van der Waals surface area contributed by atoms with E-state index in [1.54, 1.807) is 4.31 Å². The van der Waals surface area contributed by atoms with Crippen LogP contribution in [0.2, 0.25) is 0 Å². The lowest BCUT2D eigenvalue weighted by Crippen LogP contribution is -2.54. The van der Waals surface area contributed by atoms with Crippen LogP contribution < -0.4 is 10.0 Å². The Hall–Kier alpha value is -0.170. The van der Waals surface area contributed by atoms with E-state index in [1.807, 2.05) is 0 Å². The molecule has 0 spiro atoms. The Morgan fingerprint density at radius 2 is 1.83 bits per heavy atom. The standard InChI is InChI=1S/C12H25N3O2S/c1-10-3-4-12(11(2)9-10)14-18(16,17)15-7-5-13-6-8-15/h10-14H,3-9H2,1-2H3. The van der Waals surface area contributed by atoms with E-state index in [9.17, 15) is 8.42 Å². The molecular weight excluding hydrogens is 250 g/mol. The third kappa shape index (κ3) is 3.44. The second-order valence-electron chi connectivity index (χ2n) is 5.77. The number of hydrogen-bond acceptors (Lipinski definition) is 3. The van der Waals surface area contributed by atoms with Crippen molar-refractivity contribution < 1.29 is 8.42 Å². The minimum Gasteiger partial charge on any atom is -0.314 e. The van der Waals surface area contributed by atoms with Crippen molar-refractivity contribution in [2.75, 3.05) is 26.2 Å². The minimum absolute atomic E-state index is 0.112. The van der Waals surface area contributed by atoms with Crippen LogP contribution >= 0.6 is 0 Å². The van der Waals surface area contributed by atoms with Crippen LogP contribution in [0, 0.1) is 11.8 Å². The Morgan fingerprint density at radius 3 is 2.44 bits per heavy atom. The van der Waals surface area contributed by atoms with Crippen molar-refractivity contribution in [3.63, 3.8) is 0 Å². The number of rotatable bonds is 3. The van der Waals surface area contributed by atoms with Crippen molar-refractivity contribution in [3.8, 4) is 0 Å². The van der Waals surface area contributed by atoms with Gasteiger partial charge in [-0.2, -0.15) is 17.4 Å². The van der Waals surface area contributed by atoms with Crippen molar-refractivity contribution in [1.82, 2.24) is 14.3 Å². The summed E-state index contributed by atoms with van der Waals surface area (Å²) in [5.41, 5.74) is 0. The van der Waals surface area contributed by atoms with Crippen LogP contribution in [-0.2, 0) is 10.2 Å². The van der Waals surface area contributed by atoms with E-state index < -0.39 is 10.2 Å². The first-order chi connectivity index (χ1) is 8.49. The fourth-order valence-corrected chi connectivity index (χ4v) is 4.54. The maximum absolute atomic E-state index is 12.3. The summed E-state index contributed by atoms with van der Waals surface area (Å²) in [6, 6.07) is 0.112. The normalized spacial score (nSPS) is 35.6. The van der Waals surface area contributed by atoms with Crippen LogP contribution in [0.15, 0.2) is 0 Å². The van der Waals surface area contributed by atoms with Gasteiger partial charge in [-0.3, -0.25) is 0 Å². The number of piperazine rings is 1. The van der Waals surface area contributed by atoms with Gasteiger partial charge in [0, 0.05) is 32.2 Å². The summed E-state index contributed by atoms with van der Waals surface area (Å²) < 4.78 is 29.0. The Morgan fingerprint density at radius 1 is 1.17 bits per heavy atom. The predicted octanol–water partition coefficient (Wildman–Crippen LogP) is 0.551. The van der Waals surface area contributed by atoms with E-state index in [4.69, 9.17) is 0 Å². The van der Waals surface area contributed by atoms with Crippen LogP contribution in [0.25, 0.3) is 0 Å². The zero-order chi connectivity index (χ0) is 13.2. The van der Waals surface area contributed by atoms with Gasteiger partial charge in [0.2, 0.25) is 0 Å². The monoisotopic (exact) mass is 275 g/mol. The second kappa shape index (κ2) is 5.86. The Labute approximate surface area is 110 Å². The highest BCUT2D eigenvalue weighted by atomic mass is 32.2. The van der Waals surface area contributed by atoms with Gasteiger partial charge in [0.15, 0.2) is 0 Å². The third-order valence-corrected chi connectivity index (χ3v) is 5.79. The topological polar surface area (TPSA) is 61.4 Å². The molecule has 1 heterocycles. The van der Waals surface area contributed by atoms with Crippen molar-refractivity contribution in [2.45, 2.75) is 39.2 Å². The Bertz CT molecular complexity index is 366. The summed E-state index contributed by atoms with van der Waals surface area (Å²) in [4.78, 5) is 0. The summed E-state index contributed by atoms with van der Waals surface area (Å²) in [6.07, 6.45) is 3.21. The Balaban J connectivity index is 1.94. The van der Waals surface area contributed by atoms with E-state index >= 15 is 0 Å². The maximum atomic E-state index is 12.3. The van der Waals surface area contributed by atoms with E-state index in [2.05, 4.69) is 23.9 Å². The smallest absolute Gasteiger partial charge is 0.279 e. The van der Waals surface area contributed by atoms with Gasteiger partial charge in [0.05, 0.1) is 0 Å². The van der Waals surface area contributed by atoms with Crippen LogP contribution in [-0.4, -0.2) is 44.9 Å². The highest BCUT2D eigenvalue weighted by Gasteiger charge is 2.31. The van der Waals surface area contributed by atoms with E-state index in [-0.39, 0.29) is 6.04 Å². The van der Waals surface area contributed by atoms with E-state index in [1.165, 1.54) is 0 Å². The molecule has 0 amide bonds. The summed E-state index contributed by atoms with van der Waals surface area (Å²) in [5, 5.41) is 3.17.